The van der Waals surface area contributed by atoms with Crippen LogP contribution in [-0.4, -0.2) is 21.8 Å². The third-order valence-electron chi connectivity index (χ3n) is 5.07. The van der Waals surface area contributed by atoms with Crippen molar-refractivity contribution in [3.8, 4) is 23.0 Å². The predicted molar refractivity (Wildman–Crippen MR) is 140 cm³/mol. The van der Waals surface area contributed by atoms with Gasteiger partial charge in [-0.1, -0.05) is 60.5 Å². The highest BCUT2D eigenvalue weighted by Gasteiger charge is 2.19. The Hall–Kier alpha value is -4.96. The topological polar surface area (TPSA) is 138 Å². The predicted octanol–water partition coefficient (Wildman–Crippen LogP) is 3.78. The van der Waals surface area contributed by atoms with Gasteiger partial charge in [0.05, 0.1) is 11.3 Å². The van der Waals surface area contributed by atoms with Gasteiger partial charge in [-0.15, -0.1) is 0 Å². The molecule has 0 spiro atoms. The lowest BCUT2D eigenvalue weighted by Gasteiger charge is -2.13. The molecule has 0 fully saturated rings. The lowest BCUT2D eigenvalue weighted by molar-refractivity contribution is -0.112. The monoisotopic (exact) mass is 463 g/mol. The van der Waals surface area contributed by atoms with Crippen molar-refractivity contribution in [3.05, 3.63) is 96.0 Å². The van der Waals surface area contributed by atoms with Gasteiger partial charge in [0.1, 0.15) is 5.82 Å². The van der Waals surface area contributed by atoms with Gasteiger partial charge in [-0.2, -0.15) is 0 Å². The minimum atomic E-state index is -0.822. The third kappa shape index (κ3) is 6.09. The second kappa shape index (κ2) is 10.8. The second-order valence-corrected chi connectivity index (χ2v) is 7.78. The molecule has 0 aliphatic rings. The van der Waals surface area contributed by atoms with Gasteiger partial charge in [0.25, 0.3) is 11.8 Å². The molecule has 2 aromatic carbocycles. The number of nitrogens with zero attached hydrogens (tertiary/aromatic N) is 2. The van der Waals surface area contributed by atoms with Gasteiger partial charge in [0.15, 0.2) is 0 Å². The van der Waals surface area contributed by atoms with Crippen molar-refractivity contribution in [3.63, 3.8) is 0 Å². The van der Waals surface area contributed by atoms with E-state index in [0.29, 0.717) is 10.8 Å². The first-order valence-corrected chi connectivity index (χ1v) is 10.7. The number of allylic oxidation sites excluding steroid dienone is 1. The summed E-state index contributed by atoms with van der Waals surface area (Å²) in [6, 6.07) is 19.4. The number of amides is 2. The van der Waals surface area contributed by atoms with Crippen molar-refractivity contribution < 1.29 is 9.59 Å². The summed E-state index contributed by atoms with van der Waals surface area (Å²) in [6.45, 7) is 7.75. The van der Waals surface area contributed by atoms with Crippen LogP contribution in [0, 0.1) is 25.7 Å². The van der Waals surface area contributed by atoms with Crippen molar-refractivity contribution in [1.82, 2.24) is 9.97 Å². The zero-order chi connectivity index (χ0) is 25.5. The Morgan fingerprint density at radius 1 is 0.886 bits per heavy atom. The molecule has 7 nitrogen and oxygen atoms in total. The standard InChI is InChI=1S/C22H18N4O2.C6H7N/c1-12-4-3-5-14(10-12)15-7-8-16-17(11-15)19(22(25)28)20(26-21(16)24)13(2)6-9-18(23)27;1-6-4-2-3-5-7-6/h3-5,7-8,10-11H,2H2,1H3,(H2,23,27)(H2,24,26)(H2,25,28);2-5H,1H3. The van der Waals surface area contributed by atoms with Crippen LogP contribution in [0.25, 0.3) is 27.5 Å². The van der Waals surface area contributed by atoms with Gasteiger partial charge in [-0.05, 0) is 43.2 Å². The van der Waals surface area contributed by atoms with Crippen molar-refractivity contribution in [2.45, 2.75) is 13.8 Å². The van der Waals surface area contributed by atoms with E-state index in [1.165, 1.54) is 0 Å². The molecule has 0 atom stereocenters. The fourth-order valence-corrected chi connectivity index (χ4v) is 3.45. The molecule has 0 aliphatic carbocycles. The average molecular weight is 464 g/mol. The molecular formula is C28H25N5O2. The van der Waals surface area contributed by atoms with Gasteiger partial charge < -0.3 is 17.2 Å². The number of aromatic nitrogens is 2. The first-order valence-electron chi connectivity index (χ1n) is 10.7. The highest BCUT2D eigenvalue weighted by atomic mass is 16.1. The number of hydrogen-bond acceptors (Lipinski definition) is 5. The Morgan fingerprint density at radius 3 is 2.20 bits per heavy atom. The molecule has 2 heterocycles. The van der Waals surface area contributed by atoms with E-state index < -0.39 is 11.8 Å². The average Bonchev–Trinajstić information content (AvgIpc) is 2.82. The lowest BCUT2D eigenvalue weighted by atomic mass is 9.95. The van der Waals surface area contributed by atoms with Crippen molar-refractivity contribution >= 4 is 34.0 Å². The van der Waals surface area contributed by atoms with E-state index in [4.69, 9.17) is 17.2 Å². The molecule has 4 aromatic rings. The Balaban J connectivity index is 0.000000420. The number of hydrogen-bond donors (Lipinski definition) is 3. The largest absolute Gasteiger partial charge is 0.383 e. The molecule has 174 valence electrons. The van der Waals surface area contributed by atoms with Crippen LogP contribution < -0.4 is 17.2 Å². The highest BCUT2D eigenvalue weighted by Crippen LogP contribution is 2.32. The van der Waals surface area contributed by atoms with Crippen molar-refractivity contribution in [1.29, 1.82) is 0 Å². The van der Waals surface area contributed by atoms with Crippen molar-refractivity contribution in [2.75, 3.05) is 5.73 Å². The van der Waals surface area contributed by atoms with Crippen LogP contribution in [-0.2, 0) is 4.79 Å². The fraction of sp³-hybridized carbons (Fsp3) is 0.0714. The molecule has 0 unspecified atom stereocenters. The minimum absolute atomic E-state index is 0.127. The van der Waals surface area contributed by atoms with Crippen LogP contribution in [0.1, 0.15) is 27.3 Å². The van der Waals surface area contributed by atoms with E-state index in [1.54, 1.807) is 12.3 Å². The molecule has 0 aliphatic heterocycles. The molecule has 0 saturated carbocycles. The van der Waals surface area contributed by atoms with Gasteiger partial charge in [-0.25, -0.2) is 4.98 Å². The molecule has 0 bridgehead atoms. The maximum atomic E-state index is 12.3. The maximum absolute atomic E-state index is 12.3. The lowest BCUT2D eigenvalue weighted by Crippen LogP contribution is -2.16. The van der Waals surface area contributed by atoms with Crippen LogP contribution >= 0.6 is 0 Å². The van der Waals surface area contributed by atoms with Crippen LogP contribution in [0.3, 0.4) is 0 Å². The summed E-state index contributed by atoms with van der Waals surface area (Å²) in [5.41, 5.74) is 21.2. The zero-order valence-corrected chi connectivity index (χ0v) is 19.5. The molecule has 6 N–H and O–H groups in total. The number of carbonyl (C=O) groups excluding carboxylic acids is 2. The smallest absolute Gasteiger partial charge is 0.293 e. The van der Waals surface area contributed by atoms with Crippen LogP contribution in [0.5, 0.6) is 0 Å². The number of carbonyl (C=O) groups is 2. The quantitative estimate of drug-likeness (QED) is 0.397. The number of fused-ring (bicyclic) bond motifs is 1. The summed E-state index contributed by atoms with van der Waals surface area (Å²) in [7, 11) is 0. The minimum Gasteiger partial charge on any atom is -0.383 e. The number of pyridine rings is 2. The molecule has 7 heteroatoms. The Kier molecular flexibility index (Phi) is 7.59. The van der Waals surface area contributed by atoms with Crippen LogP contribution in [0.15, 0.2) is 73.4 Å². The first-order chi connectivity index (χ1) is 16.7. The Morgan fingerprint density at radius 2 is 1.63 bits per heavy atom. The molecule has 35 heavy (non-hydrogen) atoms. The Bertz CT molecular complexity index is 1500. The van der Waals surface area contributed by atoms with E-state index in [0.717, 1.165) is 22.4 Å². The van der Waals surface area contributed by atoms with Gasteiger partial charge in [-0.3, -0.25) is 14.6 Å². The highest BCUT2D eigenvalue weighted by molar-refractivity contribution is 6.13. The van der Waals surface area contributed by atoms with Crippen LogP contribution in [0.2, 0.25) is 0 Å². The van der Waals surface area contributed by atoms with E-state index in [9.17, 15) is 9.59 Å². The fourth-order valence-electron chi connectivity index (χ4n) is 3.45. The summed E-state index contributed by atoms with van der Waals surface area (Å²) in [4.78, 5) is 31.4. The first kappa shape index (κ1) is 24.7. The molecule has 2 aromatic heterocycles. The zero-order valence-electron chi connectivity index (χ0n) is 19.5. The second-order valence-electron chi connectivity index (χ2n) is 7.78. The number of rotatable bonds is 3. The number of aryl methyl sites for hydroxylation is 2. The molecule has 0 saturated heterocycles. The van der Waals surface area contributed by atoms with Crippen molar-refractivity contribution in [2.24, 2.45) is 11.5 Å². The number of anilines is 1. The van der Waals surface area contributed by atoms with Crippen LogP contribution in [0.4, 0.5) is 5.82 Å². The number of benzene rings is 2. The Labute approximate surface area is 203 Å². The van der Waals surface area contributed by atoms with E-state index >= 15 is 0 Å². The van der Waals surface area contributed by atoms with Gasteiger partial charge in [0.2, 0.25) is 0 Å². The summed E-state index contributed by atoms with van der Waals surface area (Å²) < 4.78 is 0. The molecule has 0 radical (unpaired) electrons. The molecular weight excluding hydrogens is 438 g/mol. The number of nitrogen functional groups attached to an aromatic ring is 1. The summed E-state index contributed by atoms with van der Waals surface area (Å²) in [5, 5.41) is 1.13. The maximum Gasteiger partial charge on any atom is 0.293 e. The van der Waals surface area contributed by atoms with E-state index in [2.05, 4.69) is 28.4 Å². The number of primary amides is 2. The summed E-state index contributed by atoms with van der Waals surface area (Å²) >= 11 is 0. The molecule has 4 rings (SSSR count). The van der Waals surface area contributed by atoms with Gasteiger partial charge in [0, 0.05) is 34.2 Å². The summed E-state index contributed by atoms with van der Waals surface area (Å²) in [6.07, 6.45) is 1.79. The SMILES string of the molecule is C=C(C#CC(N)=O)c1nc(N)c2ccc(-c3cccc(C)c3)cc2c1C(N)=O.Cc1ccccn1. The number of nitrogens with two attached hydrogens (primary N) is 3. The van der Waals surface area contributed by atoms with E-state index in [-0.39, 0.29) is 22.6 Å². The third-order valence-corrected chi connectivity index (χ3v) is 5.07. The normalized spacial score (nSPS) is 9.89. The summed E-state index contributed by atoms with van der Waals surface area (Å²) in [5.74, 6) is 3.35. The molecule has 2 amide bonds. The van der Waals surface area contributed by atoms with Gasteiger partial charge >= 0.3 is 0 Å². The van der Waals surface area contributed by atoms with E-state index in [1.807, 2.05) is 68.4 Å².